The van der Waals surface area contributed by atoms with Gasteiger partial charge >= 0.3 is 19.9 Å². The van der Waals surface area contributed by atoms with E-state index in [1.807, 2.05) is 30.3 Å². The molecule has 2 N–H and O–H groups in total. The maximum Gasteiger partial charge on any atom is 0.469 e. The third-order valence-corrected chi connectivity index (χ3v) is 5.54. The number of rotatable bonds is 8. The lowest BCUT2D eigenvalue weighted by Gasteiger charge is -2.42. The minimum atomic E-state index is -4.90. The lowest BCUT2D eigenvalue weighted by molar-refractivity contribution is -0.144. The molecular formula is C18H26NO8P. The summed E-state index contributed by atoms with van der Waals surface area (Å²) in [5.74, 6) is -0.684. The fraction of sp³-hybridized carbons (Fsp3) is 0.556. The Kier molecular flexibility index (Phi) is 7.60. The highest BCUT2D eigenvalue weighted by Gasteiger charge is 2.52. The smallest absolute Gasteiger partial charge is 0.469 e. The number of carbonyl (C=O) groups is 2. The number of phosphoric ester groups is 1. The molecule has 0 spiro atoms. The third kappa shape index (κ3) is 5.54. The normalized spacial score (nSPS) is 20.6. The van der Waals surface area contributed by atoms with E-state index in [-0.39, 0.29) is 6.61 Å². The molecule has 10 heteroatoms. The van der Waals surface area contributed by atoms with Crippen LogP contribution in [0.25, 0.3) is 0 Å². The van der Waals surface area contributed by atoms with Gasteiger partial charge in [0.1, 0.15) is 12.7 Å². The Morgan fingerprint density at radius 3 is 2.54 bits per heavy atom. The molecule has 0 aromatic heterocycles. The first-order valence-electron chi connectivity index (χ1n) is 9.01. The monoisotopic (exact) mass is 415 g/mol. The van der Waals surface area contributed by atoms with E-state index in [2.05, 4.69) is 4.74 Å². The van der Waals surface area contributed by atoms with Crippen molar-refractivity contribution in [2.24, 2.45) is 0 Å². The minimum absolute atomic E-state index is 0.0665. The number of methoxy groups -OCH3 is 1. The molecule has 2 rings (SSSR count). The van der Waals surface area contributed by atoms with Gasteiger partial charge in [-0.15, -0.1) is 0 Å². The third-order valence-electron chi connectivity index (χ3n) is 5.01. The zero-order valence-corrected chi connectivity index (χ0v) is 16.8. The van der Waals surface area contributed by atoms with Crippen LogP contribution in [0.1, 0.15) is 38.2 Å². The lowest BCUT2D eigenvalue weighted by Crippen LogP contribution is -2.56. The fourth-order valence-corrected chi connectivity index (χ4v) is 4.23. The molecule has 2 atom stereocenters. The van der Waals surface area contributed by atoms with Gasteiger partial charge in [-0.05, 0) is 24.8 Å². The highest BCUT2D eigenvalue weighted by molar-refractivity contribution is 7.46. The SMILES string of the molecule is CCC1(C(CC(=O)OC)OP(=O)(O)O)CCCN1C(=O)OCc1ccccc1. The first-order valence-corrected chi connectivity index (χ1v) is 10.5. The average Bonchev–Trinajstić information content (AvgIpc) is 3.10. The maximum absolute atomic E-state index is 12.8. The first kappa shape index (κ1) is 22.4. The summed E-state index contributed by atoms with van der Waals surface area (Å²) in [4.78, 5) is 44.6. The summed E-state index contributed by atoms with van der Waals surface area (Å²) >= 11 is 0. The molecule has 2 unspecified atom stereocenters. The summed E-state index contributed by atoms with van der Waals surface area (Å²) in [5.41, 5.74) is -0.266. The minimum Gasteiger partial charge on any atom is -0.469 e. The Labute approximate surface area is 163 Å². The number of nitrogens with zero attached hydrogens (tertiary/aromatic N) is 1. The number of benzene rings is 1. The lowest BCUT2D eigenvalue weighted by atomic mass is 9.85. The molecule has 1 saturated heterocycles. The summed E-state index contributed by atoms with van der Waals surface area (Å²) in [6, 6.07) is 9.15. The zero-order valence-electron chi connectivity index (χ0n) is 15.9. The van der Waals surface area contributed by atoms with Crippen LogP contribution in [0.5, 0.6) is 0 Å². The molecule has 1 heterocycles. The molecule has 1 aliphatic rings. The van der Waals surface area contributed by atoms with Crippen molar-refractivity contribution < 1.29 is 37.9 Å². The fourth-order valence-electron chi connectivity index (χ4n) is 3.63. The molecule has 9 nitrogen and oxygen atoms in total. The Morgan fingerprint density at radius 1 is 1.29 bits per heavy atom. The van der Waals surface area contributed by atoms with Crippen LogP contribution in [0.3, 0.4) is 0 Å². The largest absolute Gasteiger partial charge is 0.469 e. The number of phosphoric acid groups is 1. The predicted molar refractivity (Wildman–Crippen MR) is 99.1 cm³/mol. The Hall–Kier alpha value is -1.93. The van der Waals surface area contributed by atoms with Crippen LogP contribution < -0.4 is 0 Å². The van der Waals surface area contributed by atoms with Crippen molar-refractivity contribution in [1.82, 2.24) is 4.90 Å². The van der Waals surface area contributed by atoms with E-state index in [0.29, 0.717) is 25.8 Å². The van der Waals surface area contributed by atoms with E-state index < -0.39 is 37.9 Å². The van der Waals surface area contributed by atoms with Crippen molar-refractivity contribution in [3.8, 4) is 0 Å². The summed E-state index contributed by atoms with van der Waals surface area (Å²) in [6.45, 7) is 2.18. The number of hydrogen-bond acceptors (Lipinski definition) is 6. The number of hydrogen-bond donors (Lipinski definition) is 2. The van der Waals surface area contributed by atoms with Crippen molar-refractivity contribution in [3.05, 3.63) is 35.9 Å². The highest BCUT2D eigenvalue weighted by atomic mass is 31.2. The molecule has 1 amide bonds. The molecular weight excluding hydrogens is 389 g/mol. The summed E-state index contributed by atoms with van der Waals surface area (Å²) in [5, 5.41) is 0. The van der Waals surface area contributed by atoms with E-state index in [1.54, 1.807) is 6.92 Å². The van der Waals surface area contributed by atoms with E-state index >= 15 is 0 Å². The number of likely N-dealkylation sites (tertiary alicyclic amines) is 1. The molecule has 1 fully saturated rings. The average molecular weight is 415 g/mol. The van der Waals surface area contributed by atoms with E-state index in [1.165, 1.54) is 12.0 Å². The van der Waals surface area contributed by atoms with Gasteiger partial charge in [0.25, 0.3) is 0 Å². The van der Waals surface area contributed by atoms with Gasteiger partial charge in [-0.1, -0.05) is 37.3 Å². The molecule has 156 valence electrons. The first-order chi connectivity index (χ1) is 13.2. The summed E-state index contributed by atoms with van der Waals surface area (Å²) in [7, 11) is -3.73. The molecule has 1 aliphatic heterocycles. The molecule has 1 aromatic rings. The molecule has 0 aliphatic carbocycles. The highest BCUT2D eigenvalue weighted by Crippen LogP contribution is 2.46. The van der Waals surface area contributed by atoms with Crippen LogP contribution >= 0.6 is 7.82 Å². The second-order valence-electron chi connectivity index (χ2n) is 6.62. The second kappa shape index (κ2) is 9.52. The Morgan fingerprint density at radius 2 is 1.96 bits per heavy atom. The van der Waals surface area contributed by atoms with Crippen molar-refractivity contribution in [2.75, 3.05) is 13.7 Å². The maximum atomic E-state index is 12.8. The quantitative estimate of drug-likeness (QED) is 0.491. The van der Waals surface area contributed by atoms with Crippen molar-refractivity contribution in [3.63, 3.8) is 0 Å². The van der Waals surface area contributed by atoms with Crippen molar-refractivity contribution in [2.45, 2.75) is 50.9 Å². The van der Waals surface area contributed by atoms with Crippen molar-refractivity contribution in [1.29, 1.82) is 0 Å². The Balaban J connectivity index is 2.22. The summed E-state index contributed by atoms with van der Waals surface area (Å²) < 4.78 is 26.5. The van der Waals surface area contributed by atoms with Gasteiger partial charge in [0, 0.05) is 6.54 Å². The topological polar surface area (TPSA) is 123 Å². The van der Waals surface area contributed by atoms with Crippen LogP contribution in [0.15, 0.2) is 30.3 Å². The summed E-state index contributed by atoms with van der Waals surface area (Å²) in [6.07, 6.45) is -0.889. The van der Waals surface area contributed by atoms with Gasteiger partial charge in [0.05, 0.1) is 19.1 Å². The molecule has 0 saturated carbocycles. The molecule has 0 radical (unpaired) electrons. The second-order valence-corrected chi connectivity index (χ2v) is 7.81. The van der Waals surface area contributed by atoms with Crippen LogP contribution in [-0.2, 0) is 30.0 Å². The van der Waals surface area contributed by atoms with Gasteiger partial charge in [-0.25, -0.2) is 9.36 Å². The van der Waals surface area contributed by atoms with Gasteiger partial charge in [0.15, 0.2) is 0 Å². The van der Waals surface area contributed by atoms with Crippen LogP contribution in [0.4, 0.5) is 4.79 Å². The molecule has 0 bridgehead atoms. The zero-order chi connectivity index (χ0) is 20.8. The van der Waals surface area contributed by atoms with E-state index in [0.717, 1.165) is 5.56 Å². The van der Waals surface area contributed by atoms with Gasteiger partial charge in [0.2, 0.25) is 0 Å². The van der Waals surface area contributed by atoms with E-state index in [9.17, 15) is 23.9 Å². The van der Waals surface area contributed by atoms with Crippen molar-refractivity contribution >= 4 is 19.9 Å². The molecule has 1 aromatic carbocycles. The standard InChI is InChI=1S/C18H26NO8P/c1-3-18(15(12-16(20)25-2)27-28(22,23)24)10-7-11-19(18)17(21)26-13-14-8-5-4-6-9-14/h4-6,8-9,15H,3,7,10-13H2,1-2H3,(H2,22,23,24). The number of amides is 1. The van der Waals surface area contributed by atoms with E-state index in [4.69, 9.17) is 9.26 Å². The van der Waals surface area contributed by atoms with Crippen LogP contribution in [0, 0.1) is 0 Å². The number of ether oxygens (including phenoxy) is 2. The van der Waals surface area contributed by atoms with Gasteiger partial charge in [-0.2, -0.15) is 0 Å². The van der Waals surface area contributed by atoms with Gasteiger partial charge < -0.3 is 19.3 Å². The number of esters is 1. The van der Waals surface area contributed by atoms with Crippen LogP contribution in [0.2, 0.25) is 0 Å². The number of carbonyl (C=O) groups excluding carboxylic acids is 2. The molecule has 28 heavy (non-hydrogen) atoms. The predicted octanol–water partition coefficient (Wildman–Crippen LogP) is 2.61. The van der Waals surface area contributed by atoms with Gasteiger partial charge in [-0.3, -0.25) is 14.2 Å². The Bertz CT molecular complexity index is 722. The van der Waals surface area contributed by atoms with Crippen LogP contribution in [-0.4, -0.2) is 52.0 Å².